The van der Waals surface area contributed by atoms with Crippen molar-refractivity contribution in [2.75, 3.05) is 20.2 Å². The predicted octanol–water partition coefficient (Wildman–Crippen LogP) is 3.80. The summed E-state index contributed by atoms with van der Waals surface area (Å²) >= 11 is 4.72. The Morgan fingerprint density at radius 3 is 2.85 bits per heavy atom. The molecule has 0 spiro atoms. The highest BCUT2D eigenvalue weighted by atomic mass is 79.9. The fraction of sp³-hybridized carbons (Fsp3) is 0.214. The smallest absolute Gasteiger partial charge is 0.263 e. The number of rotatable bonds is 5. The van der Waals surface area contributed by atoms with Crippen LogP contribution in [0.4, 0.5) is 4.39 Å². The molecule has 0 bridgehead atoms. The number of thiophene rings is 1. The van der Waals surface area contributed by atoms with Gasteiger partial charge >= 0.3 is 0 Å². The zero-order valence-corrected chi connectivity index (χ0v) is 13.2. The molecule has 1 amide bonds. The van der Waals surface area contributed by atoms with Gasteiger partial charge in [-0.3, -0.25) is 4.79 Å². The van der Waals surface area contributed by atoms with Crippen molar-refractivity contribution in [2.24, 2.45) is 0 Å². The molecule has 0 fully saturated rings. The Kier molecular flexibility index (Phi) is 5.14. The van der Waals surface area contributed by atoms with E-state index in [0.717, 1.165) is 3.79 Å². The summed E-state index contributed by atoms with van der Waals surface area (Å²) in [6.07, 6.45) is 0. The maximum Gasteiger partial charge on any atom is 0.263 e. The fourth-order valence-corrected chi connectivity index (χ4v) is 2.96. The van der Waals surface area contributed by atoms with E-state index in [1.54, 1.807) is 30.1 Å². The van der Waals surface area contributed by atoms with Crippen LogP contribution in [0.15, 0.2) is 40.2 Å². The normalized spacial score (nSPS) is 10.3. The number of nitrogens with zero attached hydrogens (tertiary/aromatic N) is 1. The van der Waals surface area contributed by atoms with Crippen LogP contribution in [0.2, 0.25) is 0 Å². The maximum absolute atomic E-state index is 13.0. The molecule has 1 heterocycles. The molecule has 0 aliphatic rings. The van der Waals surface area contributed by atoms with Gasteiger partial charge in [0, 0.05) is 13.1 Å². The number of halogens is 2. The molecule has 106 valence electrons. The Morgan fingerprint density at radius 1 is 1.40 bits per heavy atom. The Hall–Kier alpha value is -1.40. The van der Waals surface area contributed by atoms with Crippen LogP contribution in [0, 0.1) is 5.82 Å². The number of carbonyl (C=O) groups excluding carboxylic acids is 1. The first-order chi connectivity index (χ1) is 9.56. The van der Waals surface area contributed by atoms with Gasteiger partial charge in [0.2, 0.25) is 0 Å². The molecule has 2 rings (SSSR count). The Labute approximate surface area is 129 Å². The van der Waals surface area contributed by atoms with Crippen molar-refractivity contribution in [3.8, 4) is 5.75 Å². The minimum atomic E-state index is -0.338. The summed E-state index contributed by atoms with van der Waals surface area (Å²) in [5, 5.41) is 0. The number of ether oxygens (including phenoxy) is 1. The molecule has 6 heteroatoms. The van der Waals surface area contributed by atoms with E-state index in [4.69, 9.17) is 4.74 Å². The lowest BCUT2D eigenvalue weighted by molar-refractivity contribution is 0.0778. The molecule has 0 unspecified atom stereocenters. The summed E-state index contributed by atoms with van der Waals surface area (Å²) in [6.45, 7) is 0.753. The van der Waals surface area contributed by atoms with Crippen molar-refractivity contribution in [1.29, 1.82) is 0 Å². The van der Waals surface area contributed by atoms with Crippen LogP contribution < -0.4 is 4.74 Å². The molecule has 0 saturated carbocycles. The van der Waals surface area contributed by atoms with Crippen LogP contribution in [-0.4, -0.2) is 31.0 Å². The molecule has 3 nitrogen and oxygen atoms in total. The zero-order valence-electron chi connectivity index (χ0n) is 10.8. The van der Waals surface area contributed by atoms with Crippen LogP contribution >= 0.6 is 27.3 Å². The second-order valence-electron chi connectivity index (χ2n) is 4.14. The summed E-state index contributed by atoms with van der Waals surface area (Å²) < 4.78 is 19.3. The molecule has 0 saturated heterocycles. The Bertz CT molecular complexity index is 602. The molecule has 0 aliphatic heterocycles. The molecule has 0 aliphatic carbocycles. The van der Waals surface area contributed by atoms with Gasteiger partial charge < -0.3 is 9.64 Å². The van der Waals surface area contributed by atoms with Gasteiger partial charge in [-0.25, -0.2) is 4.39 Å². The van der Waals surface area contributed by atoms with Gasteiger partial charge in [-0.1, -0.05) is 6.07 Å². The molecular weight excluding hydrogens is 345 g/mol. The molecule has 1 aromatic heterocycles. The average Bonchev–Trinajstić information content (AvgIpc) is 2.84. The number of amides is 1. The van der Waals surface area contributed by atoms with Crippen molar-refractivity contribution in [3.63, 3.8) is 0 Å². The van der Waals surface area contributed by atoms with E-state index in [9.17, 15) is 9.18 Å². The number of carbonyl (C=O) groups is 1. The second kappa shape index (κ2) is 6.85. The van der Waals surface area contributed by atoms with Gasteiger partial charge in [-0.2, -0.15) is 0 Å². The number of hydrogen-bond donors (Lipinski definition) is 0. The zero-order chi connectivity index (χ0) is 14.5. The molecule has 0 radical (unpaired) electrons. The van der Waals surface area contributed by atoms with Gasteiger partial charge in [0.25, 0.3) is 5.91 Å². The van der Waals surface area contributed by atoms with Crippen LogP contribution in [0.25, 0.3) is 0 Å². The minimum absolute atomic E-state index is 0.0523. The molecule has 0 N–H and O–H groups in total. The first-order valence-corrected chi connectivity index (χ1v) is 7.56. The van der Waals surface area contributed by atoms with E-state index in [1.807, 2.05) is 6.07 Å². The van der Waals surface area contributed by atoms with Crippen molar-refractivity contribution in [3.05, 3.63) is 50.9 Å². The predicted molar refractivity (Wildman–Crippen MR) is 80.9 cm³/mol. The third kappa shape index (κ3) is 4.05. The van der Waals surface area contributed by atoms with Crippen molar-refractivity contribution in [1.82, 2.24) is 4.90 Å². The van der Waals surface area contributed by atoms with E-state index < -0.39 is 0 Å². The van der Waals surface area contributed by atoms with Crippen LogP contribution in [-0.2, 0) is 0 Å². The number of likely N-dealkylation sites (N-methyl/N-ethyl adjacent to an activating group) is 1. The Balaban J connectivity index is 1.83. The van der Waals surface area contributed by atoms with E-state index in [0.29, 0.717) is 23.8 Å². The third-order valence-electron chi connectivity index (χ3n) is 2.62. The van der Waals surface area contributed by atoms with Gasteiger partial charge in [0.05, 0.1) is 15.2 Å². The Morgan fingerprint density at radius 2 is 2.20 bits per heavy atom. The van der Waals surface area contributed by atoms with E-state index >= 15 is 0 Å². The molecule has 2 aromatic rings. The van der Waals surface area contributed by atoms with Crippen molar-refractivity contribution < 1.29 is 13.9 Å². The van der Waals surface area contributed by atoms with E-state index in [1.165, 1.54) is 23.5 Å². The first kappa shape index (κ1) is 15.0. The van der Waals surface area contributed by atoms with Crippen LogP contribution in [0.1, 0.15) is 9.67 Å². The van der Waals surface area contributed by atoms with Gasteiger partial charge in [-0.05, 0) is 40.2 Å². The molecule has 0 atom stereocenters. The number of benzene rings is 1. The van der Waals surface area contributed by atoms with E-state index in [-0.39, 0.29) is 11.7 Å². The highest BCUT2D eigenvalue weighted by Crippen LogP contribution is 2.23. The SMILES string of the molecule is CN(CCOc1cccc(F)c1)C(=O)c1ccc(Br)s1. The molecular formula is C14H13BrFNO2S. The number of hydrogen-bond acceptors (Lipinski definition) is 3. The minimum Gasteiger partial charge on any atom is -0.492 e. The highest BCUT2D eigenvalue weighted by molar-refractivity contribution is 9.11. The van der Waals surface area contributed by atoms with Crippen LogP contribution in [0.5, 0.6) is 5.75 Å². The topological polar surface area (TPSA) is 29.5 Å². The lowest BCUT2D eigenvalue weighted by atomic mass is 10.3. The molecule has 20 heavy (non-hydrogen) atoms. The summed E-state index contributed by atoms with van der Waals surface area (Å²) in [7, 11) is 1.71. The second-order valence-corrected chi connectivity index (χ2v) is 6.60. The van der Waals surface area contributed by atoms with Gasteiger partial charge in [0.1, 0.15) is 18.2 Å². The lowest BCUT2D eigenvalue weighted by Gasteiger charge is -2.16. The van der Waals surface area contributed by atoms with Crippen LogP contribution in [0.3, 0.4) is 0 Å². The lowest BCUT2D eigenvalue weighted by Crippen LogP contribution is -2.30. The summed E-state index contributed by atoms with van der Waals surface area (Å²) in [5.41, 5.74) is 0. The third-order valence-corrected chi connectivity index (χ3v) is 4.23. The van der Waals surface area contributed by atoms with Gasteiger partial charge in [-0.15, -0.1) is 11.3 Å². The van der Waals surface area contributed by atoms with E-state index in [2.05, 4.69) is 15.9 Å². The summed E-state index contributed by atoms with van der Waals surface area (Å²) in [5.74, 6) is 0.0728. The summed E-state index contributed by atoms with van der Waals surface area (Å²) in [6, 6.07) is 9.56. The van der Waals surface area contributed by atoms with Crippen molar-refractivity contribution in [2.45, 2.75) is 0 Å². The first-order valence-electron chi connectivity index (χ1n) is 5.95. The quantitative estimate of drug-likeness (QED) is 0.814. The monoisotopic (exact) mass is 357 g/mol. The summed E-state index contributed by atoms with van der Waals surface area (Å²) in [4.78, 5) is 14.3. The average molecular weight is 358 g/mol. The maximum atomic E-state index is 13.0. The fourth-order valence-electron chi connectivity index (χ4n) is 1.58. The van der Waals surface area contributed by atoms with Crippen molar-refractivity contribution >= 4 is 33.2 Å². The highest BCUT2D eigenvalue weighted by Gasteiger charge is 2.13. The van der Waals surface area contributed by atoms with Gasteiger partial charge in [0.15, 0.2) is 0 Å². The largest absolute Gasteiger partial charge is 0.492 e. The molecule has 1 aromatic carbocycles. The standard InChI is InChI=1S/C14H13BrFNO2S/c1-17(14(18)12-5-6-13(15)20-12)7-8-19-11-4-2-3-10(16)9-11/h2-6,9H,7-8H2,1H3.